The average Bonchev–Trinajstić information content (AvgIpc) is 2.85. The van der Waals surface area contributed by atoms with Crippen LogP contribution in [0.15, 0.2) is 0 Å². The van der Waals surface area contributed by atoms with Crippen molar-refractivity contribution < 1.29 is 4.79 Å². The van der Waals surface area contributed by atoms with Crippen molar-refractivity contribution in [3.8, 4) is 0 Å². The van der Waals surface area contributed by atoms with Gasteiger partial charge < -0.3 is 10.2 Å². The average molecular weight is 182 g/mol. The number of piperazine rings is 1. The van der Waals surface area contributed by atoms with Crippen molar-refractivity contribution in [3.05, 3.63) is 0 Å². The lowest BCUT2D eigenvalue weighted by atomic mass is 10.1. The van der Waals surface area contributed by atoms with E-state index in [0.717, 1.165) is 32.5 Å². The third-order valence-corrected chi connectivity index (χ3v) is 3.28. The minimum absolute atomic E-state index is 0.00556. The third-order valence-electron chi connectivity index (χ3n) is 3.28. The molecule has 3 nitrogen and oxygen atoms in total. The summed E-state index contributed by atoms with van der Waals surface area (Å²) >= 11 is 0. The van der Waals surface area contributed by atoms with Crippen LogP contribution < -0.4 is 5.32 Å². The molecule has 1 saturated heterocycles. The molecule has 13 heavy (non-hydrogen) atoms. The maximum Gasteiger partial charge on any atom is 0.228 e. The summed E-state index contributed by atoms with van der Waals surface area (Å²) in [4.78, 5) is 14.0. The lowest BCUT2D eigenvalue weighted by Gasteiger charge is -2.35. The minimum Gasteiger partial charge on any atom is -0.337 e. The van der Waals surface area contributed by atoms with Crippen LogP contribution in [0.25, 0.3) is 0 Å². The Morgan fingerprint density at radius 2 is 2.23 bits per heavy atom. The summed E-state index contributed by atoms with van der Waals surface area (Å²) in [6, 6.07) is 0.374. The molecular weight excluding hydrogens is 164 g/mol. The van der Waals surface area contributed by atoms with Crippen LogP contribution in [0.1, 0.15) is 26.7 Å². The Bertz CT molecular complexity index is 223. The molecule has 0 radical (unpaired) electrons. The van der Waals surface area contributed by atoms with Crippen LogP contribution >= 0.6 is 0 Å². The summed E-state index contributed by atoms with van der Waals surface area (Å²) in [6.07, 6.45) is 2.17. The van der Waals surface area contributed by atoms with Gasteiger partial charge in [0.15, 0.2) is 0 Å². The summed E-state index contributed by atoms with van der Waals surface area (Å²) in [6.45, 7) is 6.99. The van der Waals surface area contributed by atoms with Gasteiger partial charge in [-0.05, 0) is 19.8 Å². The number of amides is 1. The SMILES string of the molecule is C[C@@H]1CNCCN1C(=O)C1(C)CC1. The maximum absolute atomic E-state index is 12.0. The van der Waals surface area contributed by atoms with Gasteiger partial charge in [0, 0.05) is 31.1 Å². The van der Waals surface area contributed by atoms with Gasteiger partial charge in [-0.3, -0.25) is 4.79 Å². The van der Waals surface area contributed by atoms with Crippen LogP contribution in [0.2, 0.25) is 0 Å². The number of nitrogens with one attached hydrogen (secondary N) is 1. The first-order valence-electron chi connectivity index (χ1n) is 5.15. The van der Waals surface area contributed by atoms with Gasteiger partial charge in [0.05, 0.1) is 0 Å². The molecule has 2 rings (SSSR count). The fourth-order valence-electron chi connectivity index (χ4n) is 1.89. The quantitative estimate of drug-likeness (QED) is 0.644. The van der Waals surface area contributed by atoms with Gasteiger partial charge in [-0.2, -0.15) is 0 Å². The van der Waals surface area contributed by atoms with Crippen molar-refractivity contribution in [2.45, 2.75) is 32.7 Å². The number of hydrogen-bond acceptors (Lipinski definition) is 2. The molecule has 2 fully saturated rings. The van der Waals surface area contributed by atoms with Crippen molar-refractivity contribution in [1.29, 1.82) is 0 Å². The van der Waals surface area contributed by atoms with Gasteiger partial charge in [-0.1, -0.05) is 6.92 Å². The van der Waals surface area contributed by atoms with Crippen LogP contribution in [0.3, 0.4) is 0 Å². The van der Waals surface area contributed by atoms with E-state index in [0.29, 0.717) is 11.9 Å². The number of rotatable bonds is 1. The summed E-state index contributed by atoms with van der Waals surface area (Å²) in [5, 5.41) is 3.30. The van der Waals surface area contributed by atoms with E-state index in [9.17, 15) is 4.79 Å². The molecule has 1 saturated carbocycles. The fraction of sp³-hybridized carbons (Fsp3) is 0.900. The van der Waals surface area contributed by atoms with E-state index in [2.05, 4.69) is 19.2 Å². The largest absolute Gasteiger partial charge is 0.337 e. The Kier molecular flexibility index (Phi) is 2.06. The lowest BCUT2D eigenvalue weighted by Crippen LogP contribution is -2.53. The Morgan fingerprint density at radius 1 is 1.54 bits per heavy atom. The molecule has 0 aromatic carbocycles. The van der Waals surface area contributed by atoms with E-state index in [1.54, 1.807) is 0 Å². The monoisotopic (exact) mass is 182 g/mol. The topological polar surface area (TPSA) is 32.3 Å². The van der Waals surface area contributed by atoms with Crippen molar-refractivity contribution in [3.63, 3.8) is 0 Å². The molecule has 0 aromatic rings. The predicted octanol–water partition coefficient (Wildman–Crippen LogP) is 0.607. The highest BCUT2D eigenvalue weighted by molar-refractivity contribution is 5.85. The highest BCUT2D eigenvalue weighted by Gasteiger charge is 2.48. The molecular formula is C10H18N2O. The first-order chi connectivity index (χ1) is 6.13. The molecule has 1 amide bonds. The molecule has 0 aromatic heterocycles. The lowest BCUT2D eigenvalue weighted by molar-refractivity contribution is -0.139. The molecule has 2 aliphatic rings. The van der Waals surface area contributed by atoms with E-state index < -0.39 is 0 Å². The molecule has 1 atom stereocenters. The van der Waals surface area contributed by atoms with E-state index in [1.165, 1.54) is 0 Å². The third kappa shape index (κ3) is 1.57. The predicted molar refractivity (Wildman–Crippen MR) is 51.4 cm³/mol. The highest BCUT2D eigenvalue weighted by atomic mass is 16.2. The van der Waals surface area contributed by atoms with E-state index >= 15 is 0 Å². The number of carbonyl (C=O) groups is 1. The molecule has 1 aliphatic heterocycles. The summed E-state index contributed by atoms with van der Waals surface area (Å²) in [7, 11) is 0. The van der Waals surface area contributed by atoms with Crippen molar-refractivity contribution in [2.75, 3.05) is 19.6 Å². The highest BCUT2D eigenvalue weighted by Crippen LogP contribution is 2.46. The first kappa shape index (κ1) is 9.00. The molecule has 1 aliphatic carbocycles. The molecule has 1 N–H and O–H groups in total. The second kappa shape index (κ2) is 2.98. The number of hydrogen-bond donors (Lipinski definition) is 1. The Balaban J connectivity index is 2.02. The summed E-state index contributed by atoms with van der Waals surface area (Å²) in [5.74, 6) is 0.376. The number of nitrogens with zero attached hydrogens (tertiary/aromatic N) is 1. The van der Waals surface area contributed by atoms with Gasteiger partial charge in [0.1, 0.15) is 0 Å². The van der Waals surface area contributed by atoms with Crippen LogP contribution in [0, 0.1) is 5.41 Å². The Labute approximate surface area is 79.5 Å². The van der Waals surface area contributed by atoms with Crippen LogP contribution in [-0.4, -0.2) is 36.5 Å². The molecule has 74 valence electrons. The molecule has 1 heterocycles. The minimum atomic E-state index is 0.00556. The molecule has 0 bridgehead atoms. The van der Waals surface area contributed by atoms with Gasteiger partial charge in [0.25, 0.3) is 0 Å². The zero-order valence-corrected chi connectivity index (χ0v) is 8.47. The van der Waals surface area contributed by atoms with Crippen LogP contribution in [0.4, 0.5) is 0 Å². The normalized spacial score (nSPS) is 31.5. The van der Waals surface area contributed by atoms with Crippen molar-refractivity contribution in [1.82, 2.24) is 10.2 Å². The van der Waals surface area contributed by atoms with E-state index in [1.807, 2.05) is 4.90 Å². The Hall–Kier alpha value is -0.570. The zero-order chi connectivity index (χ0) is 9.47. The zero-order valence-electron chi connectivity index (χ0n) is 8.47. The van der Waals surface area contributed by atoms with Gasteiger partial charge in [0.2, 0.25) is 5.91 Å². The van der Waals surface area contributed by atoms with Crippen LogP contribution in [0.5, 0.6) is 0 Å². The fourth-order valence-corrected chi connectivity index (χ4v) is 1.89. The van der Waals surface area contributed by atoms with E-state index in [4.69, 9.17) is 0 Å². The van der Waals surface area contributed by atoms with E-state index in [-0.39, 0.29) is 5.41 Å². The smallest absolute Gasteiger partial charge is 0.228 e. The molecule has 0 unspecified atom stereocenters. The molecule has 3 heteroatoms. The van der Waals surface area contributed by atoms with Crippen molar-refractivity contribution in [2.24, 2.45) is 5.41 Å². The first-order valence-corrected chi connectivity index (χ1v) is 5.15. The van der Waals surface area contributed by atoms with Gasteiger partial charge in [-0.25, -0.2) is 0 Å². The van der Waals surface area contributed by atoms with Crippen LogP contribution in [-0.2, 0) is 4.79 Å². The van der Waals surface area contributed by atoms with Crippen molar-refractivity contribution >= 4 is 5.91 Å². The molecule has 0 spiro atoms. The summed E-state index contributed by atoms with van der Waals surface area (Å²) < 4.78 is 0. The summed E-state index contributed by atoms with van der Waals surface area (Å²) in [5.41, 5.74) is 0.00556. The standard InChI is InChI=1S/C10H18N2O/c1-8-7-11-5-6-12(8)9(13)10(2)3-4-10/h8,11H,3-7H2,1-2H3/t8-/m1/s1. The second-order valence-electron chi connectivity index (χ2n) is 4.61. The van der Waals surface area contributed by atoms with Gasteiger partial charge >= 0.3 is 0 Å². The Morgan fingerprint density at radius 3 is 2.77 bits per heavy atom. The maximum atomic E-state index is 12.0. The van der Waals surface area contributed by atoms with Gasteiger partial charge in [-0.15, -0.1) is 0 Å². The second-order valence-corrected chi connectivity index (χ2v) is 4.61. The number of carbonyl (C=O) groups excluding carboxylic acids is 1.